The van der Waals surface area contributed by atoms with Crippen LogP contribution < -0.4 is 5.32 Å². The van der Waals surface area contributed by atoms with Crippen LogP contribution in [0.1, 0.15) is 32.8 Å². The van der Waals surface area contributed by atoms with Crippen LogP contribution in [0.2, 0.25) is 5.02 Å². The lowest BCUT2D eigenvalue weighted by molar-refractivity contribution is -0.136. The second kappa shape index (κ2) is 6.61. The highest BCUT2D eigenvalue weighted by Crippen LogP contribution is 2.22. The van der Waals surface area contributed by atoms with Crippen molar-refractivity contribution in [2.45, 2.75) is 39.2 Å². The zero-order valence-corrected chi connectivity index (χ0v) is 12.5. The number of carbonyl (C=O) groups is 2. The van der Waals surface area contributed by atoms with Gasteiger partial charge in [-0.15, -0.1) is 0 Å². The molecule has 0 atom stereocenters. The molecule has 0 aliphatic rings. The minimum absolute atomic E-state index is 0.0182. The second-order valence-electron chi connectivity index (χ2n) is 5.33. The van der Waals surface area contributed by atoms with Crippen LogP contribution in [0.4, 0.5) is 10.5 Å². The van der Waals surface area contributed by atoms with Crippen LogP contribution in [-0.4, -0.2) is 22.8 Å². The van der Waals surface area contributed by atoms with E-state index in [9.17, 15) is 9.59 Å². The lowest BCUT2D eigenvalue weighted by Gasteiger charge is -2.19. The zero-order chi connectivity index (χ0) is 15.3. The lowest BCUT2D eigenvalue weighted by Crippen LogP contribution is -2.27. The minimum Gasteiger partial charge on any atom is -0.481 e. The number of ether oxygens (including phenoxy) is 1. The summed E-state index contributed by atoms with van der Waals surface area (Å²) >= 11 is 5.99. The van der Waals surface area contributed by atoms with Crippen LogP contribution in [0.5, 0.6) is 0 Å². The summed E-state index contributed by atoms with van der Waals surface area (Å²) in [6.07, 6.45) is -0.280. The quantitative estimate of drug-likeness (QED) is 0.888. The molecule has 0 aliphatic heterocycles. The van der Waals surface area contributed by atoms with Crippen LogP contribution in [0.3, 0.4) is 0 Å². The predicted molar refractivity (Wildman–Crippen MR) is 77.3 cm³/mol. The maximum Gasteiger partial charge on any atom is 0.412 e. The van der Waals surface area contributed by atoms with Gasteiger partial charge in [-0.1, -0.05) is 11.6 Å². The van der Waals surface area contributed by atoms with Gasteiger partial charge < -0.3 is 9.84 Å². The summed E-state index contributed by atoms with van der Waals surface area (Å²) < 4.78 is 5.13. The summed E-state index contributed by atoms with van der Waals surface area (Å²) in [6.45, 7) is 5.31. The van der Waals surface area contributed by atoms with Crippen molar-refractivity contribution in [1.82, 2.24) is 0 Å². The van der Waals surface area contributed by atoms with E-state index in [0.717, 1.165) is 0 Å². The first-order chi connectivity index (χ1) is 9.17. The molecular weight excluding hydrogens is 282 g/mol. The van der Waals surface area contributed by atoms with Gasteiger partial charge in [0.2, 0.25) is 0 Å². The smallest absolute Gasteiger partial charge is 0.412 e. The molecule has 6 heteroatoms. The van der Waals surface area contributed by atoms with E-state index in [1.165, 1.54) is 0 Å². The van der Waals surface area contributed by atoms with Crippen molar-refractivity contribution in [3.8, 4) is 0 Å². The standard InChI is InChI=1S/C14H18ClNO4/c1-14(2,3)20-13(19)16-10-5-6-11(15)9(8-10)4-7-12(17)18/h5-6,8H,4,7H2,1-3H3,(H,16,19)(H,17,18). The molecule has 1 amide bonds. The number of nitrogens with one attached hydrogen (secondary N) is 1. The molecule has 0 fully saturated rings. The highest BCUT2D eigenvalue weighted by atomic mass is 35.5. The third-order valence-electron chi connectivity index (χ3n) is 2.30. The Morgan fingerprint density at radius 1 is 1.35 bits per heavy atom. The van der Waals surface area contributed by atoms with E-state index >= 15 is 0 Å². The van der Waals surface area contributed by atoms with E-state index in [4.69, 9.17) is 21.4 Å². The van der Waals surface area contributed by atoms with E-state index in [1.54, 1.807) is 39.0 Å². The second-order valence-corrected chi connectivity index (χ2v) is 5.73. The fraction of sp³-hybridized carbons (Fsp3) is 0.429. The van der Waals surface area contributed by atoms with Crippen LogP contribution in [0.15, 0.2) is 18.2 Å². The molecule has 1 rings (SSSR count). The Kier molecular flexibility index (Phi) is 5.39. The molecule has 2 N–H and O–H groups in total. The van der Waals surface area contributed by atoms with Gasteiger partial charge in [-0.25, -0.2) is 4.79 Å². The average Bonchev–Trinajstić information content (AvgIpc) is 2.27. The summed E-state index contributed by atoms with van der Waals surface area (Å²) in [4.78, 5) is 22.2. The fourth-order valence-corrected chi connectivity index (χ4v) is 1.72. The van der Waals surface area contributed by atoms with E-state index in [-0.39, 0.29) is 6.42 Å². The number of aryl methyl sites for hydroxylation is 1. The maximum absolute atomic E-state index is 11.6. The topological polar surface area (TPSA) is 75.6 Å². The molecule has 1 aromatic carbocycles. The SMILES string of the molecule is CC(C)(C)OC(=O)Nc1ccc(Cl)c(CCC(=O)O)c1. The number of halogens is 1. The maximum atomic E-state index is 11.6. The van der Waals surface area contributed by atoms with Gasteiger partial charge in [-0.2, -0.15) is 0 Å². The molecule has 0 aliphatic carbocycles. The highest BCUT2D eigenvalue weighted by molar-refractivity contribution is 6.31. The number of carbonyl (C=O) groups excluding carboxylic acids is 1. The first kappa shape index (κ1) is 16.3. The van der Waals surface area contributed by atoms with Gasteiger partial charge in [-0.3, -0.25) is 10.1 Å². The monoisotopic (exact) mass is 299 g/mol. The van der Waals surface area contributed by atoms with Gasteiger partial charge in [0.05, 0.1) is 0 Å². The van der Waals surface area contributed by atoms with Crippen molar-refractivity contribution >= 4 is 29.4 Å². The number of anilines is 1. The molecule has 5 nitrogen and oxygen atoms in total. The Bertz CT molecular complexity index is 508. The molecule has 0 unspecified atom stereocenters. The number of hydrogen-bond donors (Lipinski definition) is 2. The molecule has 0 bridgehead atoms. The van der Waals surface area contributed by atoms with E-state index in [1.807, 2.05) is 0 Å². The fourth-order valence-electron chi connectivity index (χ4n) is 1.51. The molecule has 0 spiro atoms. The third-order valence-corrected chi connectivity index (χ3v) is 2.67. The van der Waals surface area contributed by atoms with Crippen molar-refractivity contribution in [2.75, 3.05) is 5.32 Å². The summed E-state index contributed by atoms with van der Waals surface area (Å²) in [7, 11) is 0. The third kappa shape index (κ3) is 5.93. The summed E-state index contributed by atoms with van der Waals surface area (Å²) in [5.74, 6) is -0.897. The normalized spacial score (nSPS) is 11.0. The molecule has 0 saturated heterocycles. The first-order valence-corrected chi connectivity index (χ1v) is 6.55. The van der Waals surface area contributed by atoms with E-state index < -0.39 is 17.7 Å². The number of hydrogen-bond acceptors (Lipinski definition) is 3. The number of carboxylic acid groups (broad SMARTS) is 1. The molecule has 0 radical (unpaired) electrons. The lowest BCUT2D eigenvalue weighted by atomic mass is 10.1. The Labute approximate surface area is 122 Å². The number of aliphatic carboxylic acids is 1. The molecule has 1 aromatic rings. The molecule has 0 saturated carbocycles. The van der Waals surface area contributed by atoms with Gasteiger partial charge >= 0.3 is 12.1 Å². The minimum atomic E-state index is -0.897. The highest BCUT2D eigenvalue weighted by Gasteiger charge is 2.16. The summed E-state index contributed by atoms with van der Waals surface area (Å²) in [5, 5.41) is 11.7. The summed E-state index contributed by atoms with van der Waals surface area (Å²) in [6, 6.07) is 4.90. The Morgan fingerprint density at radius 2 is 2.00 bits per heavy atom. The number of amides is 1. The van der Waals surface area contributed by atoms with Gasteiger partial charge in [-0.05, 0) is 51.0 Å². The van der Waals surface area contributed by atoms with E-state index in [2.05, 4.69) is 5.32 Å². The van der Waals surface area contributed by atoms with Crippen molar-refractivity contribution in [3.05, 3.63) is 28.8 Å². The van der Waals surface area contributed by atoms with Crippen LogP contribution >= 0.6 is 11.6 Å². The van der Waals surface area contributed by atoms with Gasteiger partial charge in [0.25, 0.3) is 0 Å². The first-order valence-electron chi connectivity index (χ1n) is 6.17. The summed E-state index contributed by atoms with van der Waals surface area (Å²) in [5.41, 5.74) is 0.606. The van der Waals surface area contributed by atoms with Gasteiger partial charge in [0.1, 0.15) is 5.60 Å². The largest absolute Gasteiger partial charge is 0.481 e. The molecule has 110 valence electrons. The van der Waals surface area contributed by atoms with Crippen LogP contribution in [-0.2, 0) is 16.0 Å². The number of rotatable bonds is 4. The van der Waals surface area contributed by atoms with E-state index in [0.29, 0.717) is 22.7 Å². The van der Waals surface area contributed by atoms with Crippen molar-refractivity contribution in [2.24, 2.45) is 0 Å². The molecule has 20 heavy (non-hydrogen) atoms. The Balaban J connectivity index is 2.74. The van der Waals surface area contributed by atoms with Gasteiger partial charge in [0.15, 0.2) is 0 Å². The molecule has 0 heterocycles. The average molecular weight is 300 g/mol. The van der Waals surface area contributed by atoms with Crippen LogP contribution in [0.25, 0.3) is 0 Å². The number of carboxylic acids is 1. The van der Waals surface area contributed by atoms with Crippen molar-refractivity contribution < 1.29 is 19.4 Å². The predicted octanol–water partition coefficient (Wildman–Crippen LogP) is 3.70. The Hall–Kier alpha value is -1.75. The van der Waals surface area contributed by atoms with Crippen LogP contribution in [0, 0.1) is 0 Å². The molecular formula is C14H18ClNO4. The van der Waals surface area contributed by atoms with Crippen molar-refractivity contribution in [3.63, 3.8) is 0 Å². The number of benzene rings is 1. The van der Waals surface area contributed by atoms with Gasteiger partial charge in [0, 0.05) is 17.1 Å². The zero-order valence-electron chi connectivity index (χ0n) is 11.7. The Morgan fingerprint density at radius 3 is 2.55 bits per heavy atom. The molecule has 0 aromatic heterocycles. The van der Waals surface area contributed by atoms with Crippen molar-refractivity contribution in [1.29, 1.82) is 0 Å².